The van der Waals surface area contributed by atoms with Crippen LogP contribution in [0.25, 0.3) is 0 Å². The number of hydrogen-bond donors (Lipinski definition) is 3. The van der Waals surface area contributed by atoms with Gasteiger partial charge in [-0.05, 0) is 42.6 Å². The van der Waals surface area contributed by atoms with E-state index in [0.29, 0.717) is 31.3 Å². The molecule has 32 heavy (non-hydrogen) atoms. The third-order valence-corrected chi connectivity index (χ3v) is 9.67. The molecule has 6 aliphatic rings. The van der Waals surface area contributed by atoms with E-state index < -0.39 is 64.8 Å². The molecule has 0 aromatic heterocycles. The van der Waals surface area contributed by atoms with Crippen LogP contribution in [0.15, 0.2) is 12.2 Å². The third-order valence-electron chi connectivity index (χ3n) is 9.67. The van der Waals surface area contributed by atoms with Crippen LogP contribution in [0.5, 0.6) is 0 Å². The van der Waals surface area contributed by atoms with Crippen LogP contribution < -0.4 is 0 Å². The van der Waals surface area contributed by atoms with Crippen LogP contribution in [0.3, 0.4) is 0 Å². The van der Waals surface area contributed by atoms with E-state index in [1.807, 2.05) is 0 Å². The lowest BCUT2D eigenvalue weighted by Crippen LogP contribution is -2.86. The highest BCUT2D eigenvalue weighted by molar-refractivity contribution is 5.67. The summed E-state index contributed by atoms with van der Waals surface area (Å²) in [7, 11) is 0. The van der Waals surface area contributed by atoms with Gasteiger partial charge < -0.3 is 29.5 Å². The van der Waals surface area contributed by atoms with Crippen LogP contribution in [0.1, 0.15) is 53.4 Å². The molecule has 4 saturated carbocycles. The number of carbonyl (C=O) groups excluding carboxylic acids is 2. The van der Waals surface area contributed by atoms with Gasteiger partial charge in [-0.15, -0.1) is 0 Å². The molecule has 4 aliphatic carbocycles. The summed E-state index contributed by atoms with van der Waals surface area (Å²) < 4.78 is 17.8. The van der Waals surface area contributed by atoms with Gasteiger partial charge in [-0.25, -0.2) is 0 Å². The van der Waals surface area contributed by atoms with Crippen molar-refractivity contribution in [1.29, 1.82) is 0 Å². The molecule has 2 heterocycles. The van der Waals surface area contributed by atoms with Crippen molar-refractivity contribution < 1.29 is 39.1 Å². The summed E-state index contributed by atoms with van der Waals surface area (Å²) in [6.07, 6.45) is -1.53. The molecule has 0 aromatic rings. The summed E-state index contributed by atoms with van der Waals surface area (Å²) in [5.74, 6) is -4.28. The Morgan fingerprint density at radius 3 is 2.38 bits per heavy atom. The standard InChI is InChI=1S/C24H34O8/c1-11-14-6-7-15-22-10-30-24(29,23(15,18(11)27)19(14)28)20(32-13(3)26)17(22)21(4,5)9-8-16(22)31-12(2)25/h14-20,27-29H,1,6-10H2,2-5H3/t14-,15-,16-,17+,18+,19+,20-,22+,23?,24-/m0/s1. The van der Waals surface area contributed by atoms with Gasteiger partial charge in [0.15, 0.2) is 6.10 Å². The van der Waals surface area contributed by atoms with E-state index in [-0.39, 0.29) is 17.9 Å². The number of hydrogen-bond acceptors (Lipinski definition) is 8. The lowest BCUT2D eigenvalue weighted by atomic mass is 9.35. The number of rotatable bonds is 2. The molecule has 6 rings (SSSR count). The second kappa shape index (κ2) is 6.56. The first-order chi connectivity index (χ1) is 14.9. The zero-order valence-electron chi connectivity index (χ0n) is 19.2. The Labute approximate surface area is 187 Å². The van der Waals surface area contributed by atoms with Gasteiger partial charge in [0.1, 0.15) is 6.10 Å². The van der Waals surface area contributed by atoms with E-state index in [9.17, 15) is 24.9 Å². The Morgan fingerprint density at radius 1 is 1.09 bits per heavy atom. The van der Waals surface area contributed by atoms with Crippen LogP contribution in [0.4, 0.5) is 0 Å². The van der Waals surface area contributed by atoms with Gasteiger partial charge in [-0.2, -0.15) is 0 Å². The number of fused-ring (bicyclic) bond motifs is 2. The molecule has 4 bridgehead atoms. The fourth-order valence-electron chi connectivity index (χ4n) is 8.78. The third kappa shape index (κ3) is 2.27. The maximum Gasteiger partial charge on any atom is 0.303 e. The highest BCUT2D eigenvalue weighted by Crippen LogP contribution is 2.78. The smallest absolute Gasteiger partial charge is 0.303 e. The van der Waals surface area contributed by atoms with Gasteiger partial charge >= 0.3 is 11.9 Å². The molecule has 10 atom stereocenters. The molecule has 8 heteroatoms. The van der Waals surface area contributed by atoms with Crippen molar-refractivity contribution in [3.63, 3.8) is 0 Å². The summed E-state index contributed by atoms with van der Waals surface area (Å²) in [4.78, 5) is 24.4. The molecule has 3 N–H and O–H groups in total. The van der Waals surface area contributed by atoms with Gasteiger partial charge in [0.05, 0.1) is 24.2 Å². The van der Waals surface area contributed by atoms with Crippen LogP contribution in [0.2, 0.25) is 0 Å². The summed E-state index contributed by atoms with van der Waals surface area (Å²) in [5.41, 5.74) is -2.26. The quantitative estimate of drug-likeness (QED) is 0.425. The zero-order valence-corrected chi connectivity index (χ0v) is 19.2. The summed E-state index contributed by atoms with van der Waals surface area (Å²) >= 11 is 0. The number of esters is 2. The molecule has 0 radical (unpaired) electrons. The second-order valence-corrected chi connectivity index (χ2v) is 11.3. The Kier molecular flexibility index (Phi) is 4.57. The first-order valence-electron chi connectivity index (χ1n) is 11.6. The molecule has 6 fully saturated rings. The van der Waals surface area contributed by atoms with Crippen molar-refractivity contribution in [1.82, 2.24) is 0 Å². The second-order valence-electron chi connectivity index (χ2n) is 11.3. The number of aliphatic hydroxyl groups excluding tert-OH is 2. The molecule has 8 nitrogen and oxygen atoms in total. The van der Waals surface area contributed by atoms with Crippen LogP contribution in [-0.4, -0.2) is 64.1 Å². The van der Waals surface area contributed by atoms with Crippen molar-refractivity contribution in [2.24, 2.45) is 34.0 Å². The predicted octanol–water partition coefficient (Wildman–Crippen LogP) is 1.31. The average molecular weight is 451 g/mol. The van der Waals surface area contributed by atoms with Gasteiger partial charge in [-0.1, -0.05) is 20.4 Å². The molecular weight excluding hydrogens is 416 g/mol. The van der Waals surface area contributed by atoms with Crippen molar-refractivity contribution in [3.05, 3.63) is 12.2 Å². The van der Waals surface area contributed by atoms with Crippen LogP contribution in [-0.2, 0) is 23.8 Å². The summed E-state index contributed by atoms with van der Waals surface area (Å²) in [6.45, 7) is 10.9. The molecular formula is C24H34O8. The largest absolute Gasteiger partial charge is 0.462 e. The Hall–Kier alpha value is -1.48. The molecule has 2 aliphatic heterocycles. The Morgan fingerprint density at radius 2 is 1.75 bits per heavy atom. The van der Waals surface area contributed by atoms with E-state index in [1.165, 1.54) is 13.8 Å². The maximum absolute atomic E-state index is 12.2. The van der Waals surface area contributed by atoms with Gasteiger partial charge in [0.2, 0.25) is 5.79 Å². The highest BCUT2D eigenvalue weighted by Gasteiger charge is 2.87. The van der Waals surface area contributed by atoms with E-state index in [2.05, 4.69) is 20.4 Å². The number of ether oxygens (including phenoxy) is 3. The highest BCUT2D eigenvalue weighted by atomic mass is 16.7. The van der Waals surface area contributed by atoms with Gasteiger partial charge in [0, 0.05) is 31.1 Å². The SMILES string of the molecule is C=C1[C@@H](O)C23[C@H](O)[C@H]1CC[C@H]2[C@@]12CO[C@@]3(O)[C@@H](OC(C)=O)[C@@H]1C(C)(C)CC[C@@H]2OC(C)=O. The van der Waals surface area contributed by atoms with Crippen molar-refractivity contribution in [2.75, 3.05) is 6.61 Å². The minimum absolute atomic E-state index is 0.0936. The first-order valence-corrected chi connectivity index (χ1v) is 11.6. The monoisotopic (exact) mass is 450 g/mol. The lowest BCUT2D eigenvalue weighted by molar-refractivity contribution is -0.476. The summed E-state index contributed by atoms with van der Waals surface area (Å²) in [5, 5.41) is 35.3. The zero-order chi connectivity index (χ0) is 23.4. The van der Waals surface area contributed by atoms with Crippen LogP contribution in [0, 0.1) is 34.0 Å². The molecule has 0 amide bonds. The number of aliphatic hydroxyl groups is 3. The topological polar surface area (TPSA) is 123 Å². The van der Waals surface area contributed by atoms with E-state index >= 15 is 0 Å². The van der Waals surface area contributed by atoms with Gasteiger partial charge in [-0.3, -0.25) is 9.59 Å². The lowest BCUT2D eigenvalue weighted by Gasteiger charge is -2.75. The Balaban J connectivity index is 1.80. The van der Waals surface area contributed by atoms with Crippen molar-refractivity contribution >= 4 is 11.9 Å². The maximum atomic E-state index is 12.2. The van der Waals surface area contributed by atoms with Gasteiger partial charge in [0.25, 0.3) is 0 Å². The molecule has 178 valence electrons. The van der Waals surface area contributed by atoms with E-state index in [1.54, 1.807) is 0 Å². The normalized spacial score (nSPS) is 52.7. The van der Waals surface area contributed by atoms with Crippen molar-refractivity contribution in [2.45, 2.75) is 83.6 Å². The molecule has 0 aromatic carbocycles. The van der Waals surface area contributed by atoms with E-state index in [0.717, 1.165) is 0 Å². The minimum Gasteiger partial charge on any atom is -0.462 e. The molecule has 1 unspecified atom stereocenters. The summed E-state index contributed by atoms with van der Waals surface area (Å²) in [6, 6.07) is 0. The fraction of sp³-hybridized carbons (Fsp3) is 0.833. The van der Waals surface area contributed by atoms with Crippen molar-refractivity contribution in [3.8, 4) is 0 Å². The number of carbonyl (C=O) groups is 2. The predicted molar refractivity (Wildman–Crippen MR) is 111 cm³/mol. The first kappa shape index (κ1) is 22.3. The van der Waals surface area contributed by atoms with E-state index in [4.69, 9.17) is 14.2 Å². The molecule has 2 spiro atoms. The fourth-order valence-corrected chi connectivity index (χ4v) is 8.78. The molecule has 2 saturated heterocycles. The average Bonchev–Trinajstić information content (AvgIpc) is 2.80. The minimum atomic E-state index is -2.10. The van der Waals surface area contributed by atoms with Crippen LogP contribution >= 0.6 is 0 Å². The Bertz CT molecular complexity index is 883.